The summed E-state index contributed by atoms with van der Waals surface area (Å²) in [6, 6.07) is 14.7. The second kappa shape index (κ2) is 7.56. The molecule has 0 fully saturated rings. The van der Waals surface area contributed by atoms with Gasteiger partial charge < -0.3 is 10.1 Å². The fraction of sp³-hybridized carbons (Fsp3) is 0.0588. The summed E-state index contributed by atoms with van der Waals surface area (Å²) in [4.78, 5) is 16.4. The molecule has 0 aliphatic carbocycles. The number of anilines is 1. The number of halogens is 1. The highest BCUT2D eigenvalue weighted by molar-refractivity contribution is 14.1. The highest BCUT2D eigenvalue weighted by Gasteiger charge is 2.06. The molecule has 3 rings (SSSR count). The zero-order chi connectivity index (χ0) is 16.1. The van der Waals surface area contributed by atoms with E-state index in [4.69, 9.17) is 4.74 Å². The molecule has 0 saturated carbocycles. The number of hydrogen-bond donors (Lipinski definition) is 1. The Kier molecular flexibility index (Phi) is 5.24. The molecule has 116 valence electrons. The second-order valence-electron chi connectivity index (χ2n) is 4.75. The van der Waals surface area contributed by atoms with Gasteiger partial charge in [-0.25, -0.2) is 4.98 Å². The largest absolute Gasteiger partial charge is 0.487 e. The first-order valence-corrected chi connectivity index (χ1v) is 8.90. The number of nitrogens with zero attached hydrogens (tertiary/aromatic N) is 1. The number of hydrogen-bond acceptors (Lipinski definition) is 4. The summed E-state index contributed by atoms with van der Waals surface area (Å²) < 4.78 is 6.76. The molecule has 1 heterocycles. The summed E-state index contributed by atoms with van der Waals surface area (Å²) in [6.45, 7) is 0.428. The topological polar surface area (TPSA) is 51.2 Å². The van der Waals surface area contributed by atoms with E-state index in [9.17, 15) is 4.79 Å². The van der Waals surface area contributed by atoms with Crippen LogP contribution in [0.4, 0.5) is 5.69 Å². The van der Waals surface area contributed by atoms with Gasteiger partial charge in [-0.05, 0) is 71.1 Å². The normalized spacial score (nSPS) is 10.3. The van der Waals surface area contributed by atoms with Crippen LogP contribution in [-0.4, -0.2) is 10.9 Å². The van der Waals surface area contributed by atoms with Crippen molar-refractivity contribution in [2.24, 2.45) is 0 Å². The average Bonchev–Trinajstić information content (AvgIpc) is 3.09. The van der Waals surface area contributed by atoms with Crippen LogP contribution >= 0.6 is 33.9 Å². The van der Waals surface area contributed by atoms with Gasteiger partial charge in [0.15, 0.2) is 0 Å². The van der Waals surface area contributed by atoms with Gasteiger partial charge in [-0.1, -0.05) is 0 Å². The molecule has 0 bridgehead atoms. The zero-order valence-electron chi connectivity index (χ0n) is 12.0. The highest BCUT2D eigenvalue weighted by atomic mass is 127. The smallest absolute Gasteiger partial charge is 0.255 e. The molecular weight excluding hydrogens is 423 g/mol. The minimum Gasteiger partial charge on any atom is -0.487 e. The molecule has 0 atom stereocenters. The number of carbonyl (C=O) groups excluding carboxylic acids is 1. The number of ether oxygens (including phenoxy) is 1. The van der Waals surface area contributed by atoms with Gasteiger partial charge in [0.1, 0.15) is 12.4 Å². The maximum absolute atomic E-state index is 12.2. The van der Waals surface area contributed by atoms with E-state index in [1.54, 1.807) is 29.8 Å². The van der Waals surface area contributed by atoms with Gasteiger partial charge in [0.2, 0.25) is 0 Å². The summed E-state index contributed by atoms with van der Waals surface area (Å²) in [5.41, 5.74) is 4.04. The summed E-state index contributed by atoms with van der Waals surface area (Å²) in [5, 5.41) is 4.81. The molecular formula is C17H13IN2O2S. The number of carbonyl (C=O) groups is 1. The molecule has 1 N–H and O–H groups in total. The fourth-order valence-corrected chi connectivity index (χ4v) is 2.81. The molecule has 0 aliphatic heterocycles. The van der Waals surface area contributed by atoms with E-state index in [0.717, 1.165) is 15.0 Å². The van der Waals surface area contributed by atoms with E-state index < -0.39 is 0 Å². The molecule has 1 amide bonds. The van der Waals surface area contributed by atoms with Gasteiger partial charge >= 0.3 is 0 Å². The van der Waals surface area contributed by atoms with Gasteiger partial charge in [0.05, 0.1) is 11.2 Å². The van der Waals surface area contributed by atoms with Crippen LogP contribution in [0.2, 0.25) is 0 Å². The zero-order valence-corrected chi connectivity index (χ0v) is 15.0. The Morgan fingerprint density at radius 2 is 1.87 bits per heavy atom. The second-order valence-corrected chi connectivity index (χ2v) is 6.72. The van der Waals surface area contributed by atoms with E-state index in [1.807, 2.05) is 29.6 Å². The Bertz CT molecular complexity index is 771. The van der Waals surface area contributed by atoms with Crippen molar-refractivity contribution in [2.75, 3.05) is 5.32 Å². The van der Waals surface area contributed by atoms with E-state index in [0.29, 0.717) is 17.9 Å². The molecule has 6 heteroatoms. The first-order valence-electron chi connectivity index (χ1n) is 6.87. The maximum Gasteiger partial charge on any atom is 0.255 e. The molecule has 0 spiro atoms. The summed E-state index contributed by atoms with van der Waals surface area (Å²) in [7, 11) is 0. The first-order chi connectivity index (χ1) is 11.2. The number of thiazole rings is 1. The van der Waals surface area contributed by atoms with Gasteiger partial charge in [-0.15, -0.1) is 11.3 Å². The lowest BCUT2D eigenvalue weighted by molar-refractivity contribution is 0.102. The quantitative estimate of drug-likeness (QED) is 0.596. The van der Waals surface area contributed by atoms with E-state index in [2.05, 4.69) is 32.9 Å². The summed E-state index contributed by atoms with van der Waals surface area (Å²) in [5.74, 6) is 0.570. The van der Waals surface area contributed by atoms with Crippen molar-refractivity contribution in [3.63, 3.8) is 0 Å². The number of nitrogens with one attached hydrogen (secondary N) is 1. The van der Waals surface area contributed by atoms with Gasteiger partial charge in [0.25, 0.3) is 5.91 Å². The molecule has 3 aromatic rings. The van der Waals surface area contributed by atoms with Gasteiger partial charge in [0, 0.05) is 20.2 Å². The van der Waals surface area contributed by atoms with Crippen LogP contribution in [0.5, 0.6) is 5.75 Å². The van der Waals surface area contributed by atoms with Crippen molar-refractivity contribution in [1.82, 2.24) is 4.98 Å². The third-order valence-electron chi connectivity index (χ3n) is 3.09. The van der Waals surface area contributed by atoms with Crippen LogP contribution in [0.25, 0.3) is 0 Å². The van der Waals surface area contributed by atoms with Crippen molar-refractivity contribution < 1.29 is 9.53 Å². The lowest BCUT2D eigenvalue weighted by atomic mass is 10.2. The molecule has 1 aromatic heterocycles. The predicted molar refractivity (Wildman–Crippen MR) is 100 cm³/mol. The van der Waals surface area contributed by atoms with Gasteiger partial charge in [-0.3, -0.25) is 4.79 Å². The number of rotatable bonds is 5. The van der Waals surface area contributed by atoms with Crippen molar-refractivity contribution in [3.05, 3.63) is 74.2 Å². The fourth-order valence-electron chi connectivity index (χ4n) is 1.91. The molecule has 0 saturated heterocycles. The molecule has 4 nitrogen and oxygen atoms in total. The average molecular weight is 436 g/mol. The first kappa shape index (κ1) is 15.9. The molecule has 23 heavy (non-hydrogen) atoms. The molecule has 0 radical (unpaired) electrons. The maximum atomic E-state index is 12.2. The number of amides is 1. The lowest BCUT2D eigenvalue weighted by Gasteiger charge is -2.07. The van der Waals surface area contributed by atoms with Crippen LogP contribution in [0, 0.1) is 3.57 Å². The van der Waals surface area contributed by atoms with Crippen molar-refractivity contribution in [1.29, 1.82) is 0 Å². The van der Waals surface area contributed by atoms with E-state index in [-0.39, 0.29) is 5.91 Å². The lowest BCUT2D eigenvalue weighted by Crippen LogP contribution is -2.11. The van der Waals surface area contributed by atoms with E-state index in [1.165, 1.54) is 11.3 Å². The Morgan fingerprint density at radius 1 is 1.13 bits per heavy atom. The Balaban J connectivity index is 1.59. The monoisotopic (exact) mass is 436 g/mol. The third kappa shape index (κ3) is 4.52. The van der Waals surface area contributed by atoms with E-state index >= 15 is 0 Å². The Morgan fingerprint density at radius 3 is 2.52 bits per heavy atom. The van der Waals surface area contributed by atoms with Crippen molar-refractivity contribution in [3.8, 4) is 5.75 Å². The predicted octanol–water partition coefficient (Wildman–Crippen LogP) is 4.58. The molecule has 0 aliphatic rings. The molecule has 2 aromatic carbocycles. The van der Waals surface area contributed by atoms with Crippen LogP contribution < -0.4 is 10.1 Å². The number of benzene rings is 2. The molecule has 0 unspecified atom stereocenters. The SMILES string of the molecule is O=C(Nc1ccc(I)cc1)c1ccc(OCc2cscn2)cc1. The highest BCUT2D eigenvalue weighted by Crippen LogP contribution is 2.16. The Hall–Kier alpha value is -1.93. The summed E-state index contributed by atoms with van der Waals surface area (Å²) >= 11 is 3.76. The minimum atomic E-state index is -0.141. The third-order valence-corrected chi connectivity index (χ3v) is 4.44. The van der Waals surface area contributed by atoms with Crippen LogP contribution in [0.15, 0.2) is 59.4 Å². The standard InChI is InChI=1S/C17H13IN2O2S/c18-13-3-5-14(6-4-13)20-17(21)12-1-7-16(8-2-12)22-9-15-10-23-11-19-15/h1-8,10-11H,9H2,(H,20,21). The minimum absolute atomic E-state index is 0.141. The van der Waals surface area contributed by atoms with Crippen molar-refractivity contribution in [2.45, 2.75) is 6.61 Å². The summed E-state index contributed by atoms with van der Waals surface area (Å²) in [6.07, 6.45) is 0. The van der Waals surface area contributed by atoms with Crippen LogP contribution in [0.1, 0.15) is 16.1 Å². The number of aromatic nitrogens is 1. The van der Waals surface area contributed by atoms with Crippen LogP contribution in [-0.2, 0) is 6.61 Å². The van der Waals surface area contributed by atoms with Crippen LogP contribution in [0.3, 0.4) is 0 Å². The van der Waals surface area contributed by atoms with Gasteiger partial charge in [-0.2, -0.15) is 0 Å². The Labute approximate surface area is 151 Å². The van der Waals surface area contributed by atoms with Crippen molar-refractivity contribution >= 4 is 45.5 Å².